The molecule has 0 unspecified atom stereocenters. The van der Waals surface area contributed by atoms with Crippen LogP contribution in [-0.4, -0.2) is 0 Å². The summed E-state index contributed by atoms with van der Waals surface area (Å²) in [5.41, 5.74) is 1.99. The Morgan fingerprint density at radius 2 is 1.77 bits per heavy atom. The van der Waals surface area contributed by atoms with Gasteiger partial charge in [0.25, 0.3) is 0 Å². The van der Waals surface area contributed by atoms with Crippen molar-refractivity contribution in [1.29, 1.82) is 0 Å². The molecule has 158 valence electrons. The summed E-state index contributed by atoms with van der Waals surface area (Å²) in [4.78, 5) is 12.9. The fourth-order valence-electron chi connectivity index (χ4n) is 3.22. The molecule has 4 nitrogen and oxygen atoms in total. The van der Waals surface area contributed by atoms with Gasteiger partial charge in [0, 0.05) is 21.7 Å². The number of ether oxygens (including phenoxy) is 2. The molecule has 1 heterocycles. The Labute approximate surface area is 189 Å². The summed E-state index contributed by atoms with van der Waals surface area (Å²) in [6.07, 6.45) is 1.33. The Bertz CT molecular complexity index is 1290. The van der Waals surface area contributed by atoms with Gasteiger partial charge in [-0.2, -0.15) is 0 Å². The summed E-state index contributed by atoms with van der Waals surface area (Å²) in [6, 6.07) is 17.9. The van der Waals surface area contributed by atoms with Crippen LogP contribution >= 0.6 is 23.2 Å². The fraction of sp³-hybridized carbons (Fsp3) is 0.160. The SMILES string of the molecule is CC(C)c1ccccc1Oc1coc2cc(OCc3ccc(Cl)cc3Cl)ccc2c1=O. The normalized spacial score (nSPS) is 11.1. The van der Waals surface area contributed by atoms with Crippen molar-refractivity contribution in [2.75, 3.05) is 0 Å². The lowest BCUT2D eigenvalue weighted by Gasteiger charge is -2.13. The molecule has 0 spiro atoms. The molecule has 6 heteroatoms. The Kier molecular flexibility index (Phi) is 6.21. The molecule has 0 fully saturated rings. The van der Waals surface area contributed by atoms with Crippen molar-refractivity contribution >= 4 is 34.2 Å². The second-order valence-corrected chi connectivity index (χ2v) is 8.25. The topological polar surface area (TPSA) is 48.7 Å². The summed E-state index contributed by atoms with van der Waals surface area (Å²) in [5.74, 6) is 1.60. The van der Waals surface area contributed by atoms with Crippen molar-refractivity contribution in [3.05, 3.63) is 98.3 Å². The zero-order valence-electron chi connectivity index (χ0n) is 17.0. The minimum atomic E-state index is -0.243. The third-order valence-corrected chi connectivity index (χ3v) is 5.47. The van der Waals surface area contributed by atoms with Gasteiger partial charge in [0.1, 0.15) is 30.0 Å². The lowest BCUT2D eigenvalue weighted by molar-refractivity contribution is 0.306. The average Bonchev–Trinajstić information content (AvgIpc) is 2.75. The highest BCUT2D eigenvalue weighted by Crippen LogP contribution is 2.30. The summed E-state index contributed by atoms with van der Waals surface area (Å²) >= 11 is 12.1. The second-order valence-electron chi connectivity index (χ2n) is 7.41. The lowest BCUT2D eigenvalue weighted by Crippen LogP contribution is -2.06. The number of hydrogen-bond acceptors (Lipinski definition) is 4. The molecule has 0 aliphatic carbocycles. The Balaban J connectivity index is 1.58. The van der Waals surface area contributed by atoms with E-state index in [1.807, 2.05) is 30.3 Å². The highest BCUT2D eigenvalue weighted by molar-refractivity contribution is 6.35. The van der Waals surface area contributed by atoms with Crippen LogP contribution in [0.15, 0.2) is 76.1 Å². The second kappa shape index (κ2) is 9.04. The van der Waals surface area contributed by atoms with Crippen LogP contribution in [0.1, 0.15) is 30.9 Å². The van der Waals surface area contributed by atoms with E-state index in [0.717, 1.165) is 11.1 Å². The molecule has 1 aromatic heterocycles. The van der Waals surface area contributed by atoms with E-state index in [1.165, 1.54) is 6.26 Å². The van der Waals surface area contributed by atoms with Gasteiger partial charge in [-0.25, -0.2) is 0 Å². The van der Waals surface area contributed by atoms with E-state index in [4.69, 9.17) is 37.1 Å². The molecule has 0 atom stereocenters. The summed E-state index contributed by atoms with van der Waals surface area (Å²) in [7, 11) is 0. The van der Waals surface area contributed by atoms with Crippen LogP contribution in [0.4, 0.5) is 0 Å². The molecular weight excluding hydrogens is 435 g/mol. The monoisotopic (exact) mass is 454 g/mol. The third kappa shape index (κ3) is 4.71. The number of halogens is 2. The smallest absolute Gasteiger partial charge is 0.235 e. The first kappa shape index (κ1) is 21.3. The lowest BCUT2D eigenvalue weighted by atomic mass is 10.0. The van der Waals surface area contributed by atoms with Crippen molar-refractivity contribution in [2.24, 2.45) is 0 Å². The predicted octanol–water partition coefficient (Wildman–Crippen LogP) is 7.59. The van der Waals surface area contributed by atoms with Crippen molar-refractivity contribution in [3.8, 4) is 17.2 Å². The summed E-state index contributed by atoms with van der Waals surface area (Å²) < 4.78 is 17.4. The number of fused-ring (bicyclic) bond motifs is 1. The standard InChI is InChI=1S/C25H20Cl2O4/c1-15(2)19-5-3-4-6-22(19)31-24-14-30-23-12-18(9-10-20(23)25(24)28)29-13-16-7-8-17(26)11-21(16)27/h3-12,14-15H,13H2,1-2H3. The van der Waals surface area contributed by atoms with E-state index < -0.39 is 0 Å². The van der Waals surface area contributed by atoms with Crippen molar-refractivity contribution < 1.29 is 13.9 Å². The van der Waals surface area contributed by atoms with E-state index in [0.29, 0.717) is 32.5 Å². The molecule has 0 saturated heterocycles. The van der Waals surface area contributed by atoms with Crippen LogP contribution in [-0.2, 0) is 6.61 Å². The van der Waals surface area contributed by atoms with Gasteiger partial charge in [-0.1, -0.05) is 61.3 Å². The number of hydrogen-bond donors (Lipinski definition) is 0. The maximum atomic E-state index is 12.9. The van der Waals surface area contributed by atoms with E-state index in [9.17, 15) is 4.79 Å². The molecule has 0 N–H and O–H groups in total. The van der Waals surface area contributed by atoms with Gasteiger partial charge in [-0.05, 0) is 41.8 Å². The van der Waals surface area contributed by atoms with Gasteiger partial charge in [0.05, 0.1) is 5.39 Å². The Morgan fingerprint density at radius 3 is 2.55 bits per heavy atom. The van der Waals surface area contributed by atoms with Gasteiger partial charge in [-0.3, -0.25) is 4.79 Å². The maximum Gasteiger partial charge on any atom is 0.235 e. The van der Waals surface area contributed by atoms with Gasteiger partial charge < -0.3 is 13.9 Å². The first-order valence-corrected chi connectivity index (χ1v) is 10.6. The molecule has 0 amide bonds. The van der Waals surface area contributed by atoms with Crippen LogP contribution in [0.5, 0.6) is 17.2 Å². The van der Waals surface area contributed by atoms with Gasteiger partial charge >= 0.3 is 0 Å². The largest absolute Gasteiger partial charge is 0.489 e. The first-order valence-electron chi connectivity index (χ1n) is 9.81. The molecule has 0 saturated carbocycles. The molecular formula is C25H20Cl2O4. The quantitative estimate of drug-likeness (QED) is 0.301. The number of rotatable bonds is 6. The zero-order valence-corrected chi connectivity index (χ0v) is 18.5. The molecule has 0 aliphatic heterocycles. The van der Waals surface area contributed by atoms with Crippen LogP contribution in [0.2, 0.25) is 10.0 Å². The van der Waals surface area contributed by atoms with Crippen LogP contribution in [0, 0.1) is 0 Å². The predicted molar refractivity (Wildman–Crippen MR) is 124 cm³/mol. The van der Waals surface area contributed by atoms with Gasteiger partial charge in [0.15, 0.2) is 0 Å². The summed E-state index contributed by atoms with van der Waals surface area (Å²) in [5, 5.41) is 1.51. The van der Waals surface area contributed by atoms with Crippen LogP contribution in [0.25, 0.3) is 11.0 Å². The third-order valence-electron chi connectivity index (χ3n) is 4.88. The molecule has 31 heavy (non-hydrogen) atoms. The van der Waals surface area contributed by atoms with E-state index in [-0.39, 0.29) is 23.7 Å². The Hall–Kier alpha value is -2.95. The minimum absolute atomic E-state index is 0.141. The van der Waals surface area contributed by atoms with E-state index in [1.54, 1.807) is 30.3 Å². The maximum absolute atomic E-state index is 12.9. The Morgan fingerprint density at radius 1 is 0.968 bits per heavy atom. The molecule has 3 aromatic carbocycles. The van der Waals surface area contributed by atoms with Gasteiger partial charge in [0.2, 0.25) is 11.2 Å². The van der Waals surface area contributed by atoms with E-state index in [2.05, 4.69) is 13.8 Å². The number of para-hydroxylation sites is 1. The van der Waals surface area contributed by atoms with Crippen molar-refractivity contribution in [2.45, 2.75) is 26.4 Å². The molecule has 4 aromatic rings. The molecule has 4 rings (SSSR count). The van der Waals surface area contributed by atoms with Crippen molar-refractivity contribution in [3.63, 3.8) is 0 Å². The average molecular weight is 455 g/mol. The van der Waals surface area contributed by atoms with Gasteiger partial charge in [-0.15, -0.1) is 0 Å². The fourth-order valence-corrected chi connectivity index (χ4v) is 3.68. The highest BCUT2D eigenvalue weighted by atomic mass is 35.5. The summed E-state index contributed by atoms with van der Waals surface area (Å²) in [6.45, 7) is 4.41. The molecule has 0 bridgehead atoms. The minimum Gasteiger partial charge on any atom is -0.489 e. The zero-order chi connectivity index (χ0) is 22.0. The van der Waals surface area contributed by atoms with E-state index >= 15 is 0 Å². The first-order chi connectivity index (χ1) is 14.9. The molecule has 0 radical (unpaired) electrons. The molecule has 0 aliphatic rings. The number of benzene rings is 3. The van der Waals surface area contributed by atoms with Crippen LogP contribution in [0.3, 0.4) is 0 Å². The van der Waals surface area contributed by atoms with Crippen LogP contribution < -0.4 is 14.9 Å². The van der Waals surface area contributed by atoms with Crippen molar-refractivity contribution in [1.82, 2.24) is 0 Å². The highest BCUT2D eigenvalue weighted by Gasteiger charge is 2.13.